The number of carbonyl (C=O) groups is 1. The number of esters is 1. The molecule has 0 amide bonds. The molecule has 1 aromatic rings. The van der Waals surface area contributed by atoms with Crippen LogP contribution in [0.25, 0.3) is 0 Å². The van der Waals surface area contributed by atoms with Gasteiger partial charge in [0.05, 0.1) is 7.11 Å². The van der Waals surface area contributed by atoms with Gasteiger partial charge in [0.15, 0.2) is 0 Å². The van der Waals surface area contributed by atoms with Gasteiger partial charge in [0.1, 0.15) is 0 Å². The van der Waals surface area contributed by atoms with Crippen LogP contribution in [0.5, 0.6) is 0 Å². The van der Waals surface area contributed by atoms with E-state index in [0.717, 1.165) is 143 Å². The number of benzene rings is 1. The molecule has 17 aliphatic carbocycles. The van der Waals surface area contributed by atoms with Gasteiger partial charge in [0.2, 0.25) is 0 Å². The first-order valence-electron chi connectivity index (χ1n) is 24.0. The molecule has 16 saturated carbocycles. The molecule has 1 spiro atoms. The minimum absolute atomic E-state index is 0.0189. The SMILES string of the molecule is COC(=O)CCCC1(c2ccccc2)C2C3CC4CC5CC6CC7CC8CC9CC%10=CC21C1C2C%10C9C9C8C8C7C6C6C5C5C4C3C1C1C5C6C8C9C12. The third kappa shape index (κ3) is 2.37. The van der Waals surface area contributed by atoms with Crippen LogP contribution < -0.4 is 0 Å². The number of carbonyl (C=O) groups excluding carboxylic acids is 1. The first-order valence-corrected chi connectivity index (χ1v) is 24.0. The summed E-state index contributed by atoms with van der Waals surface area (Å²) in [5.74, 6) is 31.7. The molecular weight excluding hydrogens is 645 g/mol. The van der Waals surface area contributed by atoms with Crippen LogP contribution in [0.4, 0.5) is 0 Å². The number of allylic oxidation sites excluding steroid dienone is 2. The average Bonchev–Trinajstić information content (AvgIpc) is 3.88. The molecule has 53 heavy (non-hydrogen) atoms. The van der Waals surface area contributed by atoms with E-state index < -0.39 is 0 Å². The highest BCUT2D eigenvalue weighted by Crippen LogP contribution is 2.97. The van der Waals surface area contributed by atoms with Gasteiger partial charge in [0, 0.05) is 17.3 Å². The van der Waals surface area contributed by atoms with Gasteiger partial charge in [-0.1, -0.05) is 42.0 Å². The van der Waals surface area contributed by atoms with Crippen molar-refractivity contribution in [1.82, 2.24) is 0 Å². The monoisotopic (exact) mass is 702 g/mol. The lowest BCUT2D eigenvalue weighted by atomic mass is 9.43. The minimum atomic E-state index is 0.0189. The molecule has 274 valence electrons. The van der Waals surface area contributed by atoms with Crippen molar-refractivity contribution >= 4 is 5.97 Å². The molecule has 31 atom stereocenters. The number of hydrogen-bond donors (Lipinski definition) is 0. The predicted octanol–water partition coefficient (Wildman–Crippen LogP) is 9.01. The Labute approximate surface area is 315 Å². The molecule has 17 aliphatic rings. The maximum absolute atomic E-state index is 12.8. The Kier molecular flexibility index (Phi) is 4.26. The second-order valence-corrected chi connectivity index (χ2v) is 24.8. The van der Waals surface area contributed by atoms with E-state index in [2.05, 4.69) is 42.0 Å². The predicted molar refractivity (Wildman–Crippen MR) is 198 cm³/mol. The Hall–Kier alpha value is -1.57. The van der Waals surface area contributed by atoms with Crippen LogP contribution in [-0.4, -0.2) is 13.1 Å². The smallest absolute Gasteiger partial charge is 0.305 e. The molecular formula is C51H58O2. The lowest BCUT2D eigenvalue weighted by Crippen LogP contribution is -2.58. The zero-order chi connectivity index (χ0) is 33.5. The van der Waals surface area contributed by atoms with Crippen molar-refractivity contribution in [2.45, 2.75) is 69.6 Å². The second kappa shape index (κ2) is 8.09. The molecule has 0 N–H and O–H groups in total. The largest absolute Gasteiger partial charge is 0.469 e. The Morgan fingerprint density at radius 3 is 1.79 bits per heavy atom. The third-order valence-corrected chi connectivity index (χ3v) is 25.8. The molecule has 31 unspecified atom stereocenters. The molecule has 0 radical (unpaired) electrons. The molecule has 18 rings (SSSR count). The summed E-state index contributed by atoms with van der Waals surface area (Å²) in [7, 11) is 1.61. The van der Waals surface area contributed by atoms with Gasteiger partial charge in [0.25, 0.3) is 0 Å². The average molecular weight is 703 g/mol. The van der Waals surface area contributed by atoms with E-state index in [1.54, 1.807) is 51.2 Å². The lowest BCUT2D eigenvalue weighted by Gasteiger charge is -2.62. The summed E-state index contributed by atoms with van der Waals surface area (Å²) < 4.78 is 5.33. The maximum atomic E-state index is 12.8. The standard InChI is InChI=1S/C51H58O2/c1-53-27(52)8-5-9-50(25-6-3-2-4-7-25)49-26-16-23-14-21-12-19-10-18-11-20-13-22-15-24-17-51(49,50)48-46-34(24)30(22)38-32(20)36-28(18)29(19)37-33(21)39-31(23)35(26)47(48)45-43(39)41(37)40(36)42(38)44(45)46/h2-4,6-7,17-23,26,28-49H,5,8-16H2,1H3. The minimum Gasteiger partial charge on any atom is -0.469 e. The third-order valence-electron chi connectivity index (χ3n) is 25.8. The van der Waals surface area contributed by atoms with Crippen LogP contribution >= 0.6 is 0 Å². The van der Waals surface area contributed by atoms with Gasteiger partial charge in [-0.3, -0.25) is 4.79 Å². The van der Waals surface area contributed by atoms with Crippen LogP contribution in [0.15, 0.2) is 42.0 Å². The molecule has 2 heteroatoms. The number of hydrogen-bond acceptors (Lipinski definition) is 2. The summed E-state index contributed by atoms with van der Waals surface area (Å²) in [6.07, 6.45) is 17.5. The quantitative estimate of drug-likeness (QED) is 0.226. The Balaban J connectivity index is 0.949. The zero-order valence-electron chi connectivity index (χ0n) is 31.6. The molecule has 16 fully saturated rings. The molecule has 1 aromatic carbocycles. The lowest BCUT2D eigenvalue weighted by molar-refractivity contribution is -0.150. The van der Waals surface area contributed by atoms with Crippen molar-refractivity contribution in [3.63, 3.8) is 0 Å². The molecule has 0 aliphatic heterocycles. The summed E-state index contributed by atoms with van der Waals surface area (Å²) in [4.78, 5) is 12.8. The van der Waals surface area contributed by atoms with Gasteiger partial charge in [-0.25, -0.2) is 0 Å². The van der Waals surface area contributed by atoms with Crippen molar-refractivity contribution in [2.24, 2.45) is 177 Å². The van der Waals surface area contributed by atoms with Gasteiger partial charge >= 0.3 is 5.97 Å². The second-order valence-electron chi connectivity index (χ2n) is 24.8. The van der Waals surface area contributed by atoms with Crippen LogP contribution in [0.1, 0.15) is 69.8 Å². The van der Waals surface area contributed by atoms with Crippen LogP contribution in [-0.2, 0) is 14.9 Å². The summed E-state index contributed by atoms with van der Waals surface area (Å²) in [6, 6.07) is 12.3. The van der Waals surface area contributed by atoms with Gasteiger partial charge in [-0.15, -0.1) is 0 Å². The fourth-order valence-corrected chi connectivity index (χ4v) is 27.5. The van der Waals surface area contributed by atoms with Crippen molar-refractivity contribution in [3.05, 3.63) is 47.5 Å². The van der Waals surface area contributed by atoms with E-state index in [1.165, 1.54) is 48.3 Å². The van der Waals surface area contributed by atoms with Gasteiger partial charge in [-0.05, 0) is 235 Å². The van der Waals surface area contributed by atoms with Crippen LogP contribution in [0, 0.1) is 177 Å². The molecule has 0 heterocycles. The van der Waals surface area contributed by atoms with Gasteiger partial charge in [-0.2, -0.15) is 0 Å². The molecule has 0 saturated heterocycles. The van der Waals surface area contributed by atoms with E-state index >= 15 is 0 Å². The van der Waals surface area contributed by atoms with E-state index in [9.17, 15) is 4.79 Å². The zero-order valence-corrected chi connectivity index (χ0v) is 31.6. The van der Waals surface area contributed by atoms with Crippen molar-refractivity contribution in [1.29, 1.82) is 0 Å². The molecule has 2 nitrogen and oxygen atoms in total. The maximum Gasteiger partial charge on any atom is 0.305 e. The van der Waals surface area contributed by atoms with Crippen molar-refractivity contribution in [3.8, 4) is 0 Å². The molecule has 0 aromatic heterocycles. The van der Waals surface area contributed by atoms with E-state index in [-0.39, 0.29) is 11.4 Å². The first kappa shape index (κ1) is 27.9. The topological polar surface area (TPSA) is 26.3 Å². The Bertz CT molecular complexity index is 2020. The highest BCUT2D eigenvalue weighted by molar-refractivity contribution is 5.69. The summed E-state index contributed by atoms with van der Waals surface area (Å²) in [5.41, 5.74) is 4.37. The van der Waals surface area contributed by atoms with E-state index in [1.807, 2.05) is 0 Å². The van der Waals surface area contributed by atoms with Crippen molar-refractivity contribution in [2.75, 3.05) is 7.11 Å². The Morgan fingerprint density at radius 1 is 0.604 bits per heavy atom. The van der Waals surface area contributed by atoms with E-state index in [0.29, 0.717) is 11.8 Å². The van der Waals surface area contributed by atoms with Crippen molar-refractivity contribution < 1.29 is 9.53 Å². The summed E-state index contributed by atoms with van der Waals surface area (Å²) in [6.45, 7) is 0. The first-order chi connectivity index (χ1) is 26.2. The number of rotatable bonds is 5. The highest BCUT2D eigenvalue weighted by Gasteiger charge is 2.94. The molecule has 0 bridgehead atoms. The number of ether oxygens (including phenoxy) is 1. The summed E-state index contributed by atoms with van der Waals surface area (Å²) >= 11 is 0. The highest BCUT2D eigenvalue weighted by atomic mass is 16.5. The van der Waals surface area contributed by atoms with E-state index in [4.69, 9.17) is 4.74 Å². The van der Waals surface area contributed by atoms with Gasteiger partial charge < -0.3 is 4.74 Å². The Morgan fingerprint density at radius 2 is 1.13 bits per heavy atom. The number of methoxy groups -OCH3 is 1. The summed E-state index contributed by atoms with van der Waals surface area (Å²) in [5, 5.41) is 0. The normalized spacial score (nSPS) is 72.8. The fourth-order valence-electron chi connectivity index (χ4n) is 27.5. The van der Waals surface area contributed by atoms with Crippen LogP contribution in [0.2, 0.25) is 0 Å². The fraction of sp³-hybridized carbons (Fsp3) is 0.824. The van der Waals surface area contributed by atoms with Crippen LogP contribution in [0.3, 0.4) is 0 Å². The number of fused-ring (bicyclic) bond motifs is 1.